The molecule has 0 aliphatic carbocycles. The molecule has 0 radical (unpaired) electrons. The molecule has 21 heavy (non-hydrogen) atoms. The van der Waals surface area contributed by atoms with Crippen molar-refractivity contribution >= 4 is 5.78 Å². The summed E-state index contributed by atoms with van der Waals surface area (Å²) in [7, 11) is 3.97. The fourth-order valence-corrected chi connectivity index (χ4v) is 1.36. The summed E-state index contributed by atoms with van der Waals surface area (Å²) in [6, 6.07) is -0.229. The van der Waals surface area contributed by atoms with Gasteiger partial charge in [0.25, 0.3) is 0 Å². The summed E-state index contributed by atoms with van der Waals surface area (Å²) in [5.74, 6) is 0.557. The van der Waals surface area contributed by atoms with Crippen LogP contribution in [0.4, 0.5) is 0 Å². The first-order chi connectivity index (χ1) is 9.61. The molecule has 0 aliphatic heterocycles. The molecule has 4 heteroatoms. The predicted molar refractivity (Wildman–Crippen MR) is 93.4 cm³/mol. The fourth-order valence-electron chi connectivity index (χ4n) is 1.36. The number of hydrogen-bond acceptors (Lipinski definition) is 4. The predicted octanol–water partition coefficient (Wildman–Crippen LogP) is 3.82. The van der Waals surface area contributed by atoms with Crippen molar-refractivity contribution in [1.29, 1.82) is 0 Å². The molecule has 1 N–H and O–H groups in total. The first-order valence-electron chi connectivity index (χ1n) is 7.91. The molecule has 0 aromatic carbocycles. The Balaban J connectivity index is -0.000000739. The van der Waals surface area contributed by atoms with Crippen molar-refractivity contribution in [2.45, 2.75) is 73.5 Å². The van der Waals surface area contributed by atoms with E-state index >= 15 is 0 Å². The highest BCUT2D eigenvalue weighted by Crippen LogP contribution is 2.11. The molecule has 0 aromatic rings. The molecule has 0 spiro atoms. The van der Waals surface area contributed by atoms with Crippen LogP contribution in [0.2, 0.25) is 0 Å². The van der Waals surface area contributed by atoms with E-state index in [0.717, 1.165) is 13.0 Å². The molecule has 1 atom stereocenters. The summed E-state index contributed by atoms with van der Waals surface area (Å²) in [5, 5.41) is 3.04. The molecule has 0 aromatic heterocycles. The summed E-state index contributed by atoms with van der Waals surface area (Å²) in [6.07, 6.45) is 0.745. The number of nitrogens with one attached hydrogen (secondary N) is 1. The second kappa shape index (κ2) is 13.9. The lowest BCUT2D eigenvalue weighted by atomic mass is 10.1. The minimum atomic E-state index is -0.299. The summed E-state index contributed by atoms with van der Waals surface area (Å²) in [5.41, 5.74) is -0.299. The van der Waals surface area contributed by atoms with Gasteiger partial charge in [0.15, 0.2) is 11.7 Å². The van der Waals surface area contributed by atoms with Crippen molar-refractivity contribution in [3.63, 3.8) is 0 Å². The highest BCUT2D eigenvalue weighted by molar-refractivity contribution is 5.81. The Morgan fingerprint density at radius 1 is 1.19 bits per heavy atom. The maximum atomic E-state index is 11.5. The van der Waals surface area contributed by atoms with Crippen LogP contribution in [0.5, 0.6) is 0 Å². The fraction of sp³-hybridized carbons (Fsp3) is 0.824. The van der Waals surface area contributed by atoms with Gasteiger partial charge in [0.05, 0.1) is 6.04 Å². The molecule has 4 nitrogen and oxygen atoms in total. The van der Waals surface area contributed by atoms with Gasteiger partial charge in [-0.3, -0.25) is 4.79 Å². The average Bonchev–Trinajstić information content (AvgIpc) is 2.36. The molecule has 0 heterocycles. The SMILES string of the molecule is C=C(NC(CCN(C)C)C(C)=O)OC(C)(C)C.CC.CC. The lowest BCUT2D eigenvalue weighted by Gasteiger charge is -2.26. The number of Topliss-reactive ketones (excluding diaryl/α,β-unsaturated/α-hetero) is 1. The van der Waals surface area contributed by atoms with Crippen LogP contribution in [0.15, 0.2) is 12.5 Å². The Labute approximate surface area is 132 Å². The first-order valence-corrected chi connectivity index (χ1v) is 7.91. The van der Waals surface area contributed by atoms with Gasteiger partial charge in [-0.05, 0) is 61.3 Å². The number of carbonyl (C=O) groups is 1. The Bertz CT molecular complexity index is 268. The molecule has 0 aliphatic rings. The van der Waals surface area contributed by atoms with Crippen LogP contribution < -0.4 is 5.32 Å². The van der Waals surface area contributed by atoms with Crippen molar-refractivity contribution in [2.24, 2.45) is 0 Å². The van der Waals surface area contributed by atoms with Crippen molar-refractivity contribution in [3.8, 4) is 0 Å². The zero-order chi connectivity index (χ0) is 17.6. The van der Waals surface area contributed by atoms with Crippen molar-refractivity contribution in [3.05, 3.63) is 12.5 Å². The van der Waals surface area contributed by atoms with Crippen molar-refractivity contribution in [2.75, 3.05) is 20.6 Å². The molecule has 0 saturated heterocycles. The third kappa shape index (κ3) is 19.0. The lowest BCUT2D eigenvalue weighted by molar-refractivity contribution is -0.119. The van der Waals surface area contributed by atoms with Crippen LogP contribution in [-0.2, 0) is 9.53 Å². The molecule has 0 bridgehead atoms. The van der Waals surface area contributed by atoms with E-state index in [0.29, 0.717) is 5.88 Å². The molecular weight excluding hydrogens is 264 g/mol. The minimum Gasteiger partial charge on any atom is -0.474 e. The zero-order valence-electron chi connectivity index (χ0n) is 16.0. The maximum Gasteiger partial charge on any atom is 0.180 e. The largest absolute Gasteiger partial charge is 0.474 e. The number of hydrogen-bond donors (Lipinski definition) is 1. The second-order valence-corrected chi connectivity index (χ2v) is 5.54. The average molecular weight is 303 g/mol. The number of rotatable bonds is 7. The van der Waals surface area contributed by atoms with Crippen LogP contribution in [0, 0.1) is 0 Å². The van der Waals surface area contributed by atoms with Crippen LogP contribution in [-0.4, -0.2) is 43.0 Å². The molecule has 0 fully saturated rings. The molecule has 0 rings (SSSR count). The molecule has 0 saturated carbocycles. The van der Waals surface area contributed by atoms with E-state index in [1.165, 1.54) is 0 Å². The topological polar surface area (TPSA) is 41.6 Å². The third-order valence-corrected chi connectivity index (χ3v) is 2.12. The highest BCUT2D eigenvalue weighted by Gasteiger charge is 2.18. The minimum absolute atomic E-state index is 0.102. The smallest absolute Gasteiger partial charge is 0.180 e. The van der Waals surface area contributed by atoms with Crippen LogP contribution in [0.1, 0.15) is 61.8 Å². The van der Waals surface area contributed by atoms with E-state index in [4.69, 9.17) is 4.74 Å². The second-order valence-electron chi connectivity index (χ2n) is 5.54. The number of ether oxygens (including phenoxy) is 1. The van der Waals surface area contributed by atoms with Crippen LogP contribution >= 0.6 is 0 Å². The van der Waals surface area contributed by atoms with Crippen LogP contribution in [0.3, 0.4) is 0 Å². The Kier molecular flexibility index (Phi) is 16.6. The van der Waals surface area contributed by atoms with Gasteiger partial charge in [-0.2, -0.15) is 0 Å². The van der Waals surface area contributed by atoms with Gasteiger partial charge >= 0.3 is 0 Å². The summed E-state index contributed by atoms with van der Waals surface area (Å²) in [4.78, 5) is 13.5. The van der Waals surface area contributed by atoms with Gasteiger partial charge in [-0.1, -0.05) is 27.7 Å². The summed E-state index contributed by atoms with van der Waals surface area (Å²) in [6.45, 7) is 20.1. The quantitative estimate of drug-likeness (QED) is 0.726. The standard InChI is InChI=1S/C13H26N2O2.2C2H6/c1-10(16)12(8-9-15(6)7)14-11(2)17-13(3,4)5;2*1-2/h12,14H,2,8-9H2,1,3-7H3;2*1-2H3. The molecule has 128 valence electrons. The van der Waals surface area contributed by atoms with E-state index in [-0.39, 0.29) is 17.4 Å². The van der Waals surface area contributed by atoms with E-state index in [1.807, 2.05) is 67.5 Å². The monoisotopic (exact) mass is 302 g/mol. The normalized spacial score (nSPS) is 11.4. The highest BCUT2D eigenvalue weighted by atomic mass is 16.5. The van der Waals surface area contributed by atoms with Gasteiger partial charge in [0, 0.05) is 0 Å². The van der Waals surface area contributed by atoms with Gasteiger partial charge in [-0.15, -0.1) is 0 Å². The van der Waals surface area contributed by atoms with E-state index < -0.39 is 0 Å². The van der Waals surface area contributed by atoms with E-state index in [9.17, 15) is 4.79 Å². The summed E-state index contributed by atoms with van der Waals surface area (Å²) < 4.78 is 5.55. The van der Waals surface area contributed by atoms with Gasteiger partial charge < -0.3 is 15.0 Å². The number of carbonyl (C=O) groups excluding carboxylic acids is 1. The van der Waals surface area contributed by atoms with Gasteiger partial charge in [-0.25, -0.2) is 0 Å². The lowest BCUT2D eigenvalue weighted by Crippen LogP contribution is -2.39. The summed E-state index contributed by atoms with van der Waals surface area (Å²) >= 11 is 0. The van der Waals surface area contributed by atoms with Gasteiger partial charge in [0.1, 0.15) is 5.60 Å². The Morgan fingerprint density at radius 3 is 1.90 bits per heavy atom. The molecule has 0 amide bonds. The van der Waals surface area contributed by atoms with E-state index in [2.05, 4.69) is 11.9 Å². The Morgan fingerprint density at radius 2 is 1.62 bits per heavy atom. The van der Waals surface area contributed by atoms with Gasteiger partial charge in [0.2, 0.25) is 0 Å². The first kappa shape index (κ1) is 25.0. The zero-order valence-corrected chi connectivity index (χ0v) is 16.0. The van der Waals surface area contributed by atoms with Crippen molar-refractivity contribution < 1.29 is 9.53 Å². The van der Waals surface area contributed by atoms with E-state index in [1.54, 1.807) is 6.92 Å². The Hall–Kier alpha value is -1.03. The molecular formula is C17H38N2O2. The maximum absolute atomic E-state index is 11.5. The third-order valence-electron chi connectivity index (χ3n) is 2.12. The molecule has 1 unspecified atom stereocenters. The number of ketones is 1. The van der Waals surface area contributed by atoms with Crippen LogP contribution in [0.25, 0.3) is 0 Å². The van der Waals surface area contributed by atoms with Crippen molar-refractivity contribution in [1.82, 2.24) is 10.2 Å². The number of nitrogens with zero attached hydrogens (tertiary/aromatic N) is 1.